The molecule has 0 aliphatic carbocycles. The van der Waals surface area contributed by atoms with Gasteiger partial charge in [0, 0.05) is 70.1 Å². The van der Waals surface area contributed by atoms with Gasteiger partial charge in [0.05, 0.1) is 11.9 Å². The van der Waals surface area contributed by atoms with Gasteiger partial charge in [0.1, 0.15) is 5.82 Å². The number of hydrogen-bond donors (Lipinski definition) is 0. The Hall–Kier alpha value is -3.22. The number of carbonyl (C=O) groups excluding carboxylic acids is 1. The Bertz CT molecular complexity index is 926. The van der Waals surface area contributed by atoms with Crippen LogP contribution < -0.4 is 4.90 Å². The Morgan fingerprint density at radius 2 is 2.13 bits per heavy atom. The first kappa shape index (κ1) is 20.1. The van der Waals surface area contributed by atoms with Crippen LogP contribution >= 0.6 is 0 Å². The number of anilines is 1. The van der Waals surface area contributed by atoms with E-state index in [1.165, 1.54) is 0 Å². The number of nitrogens with zero attached hydrogens (tertiary/aromatic N) is 6. The lowest BCUT2D eigenvalue weighted by atomic mass is 9.97. The molecule has 156 valence electrons. The fourth-order valence-electron chi connectivity index (χ4n) is 3.96. The third-order valence-electron chi connectivity index (χ3n) is 5.65. The number of aromatic nitrogens is 4. The summed E-state index contributed by atoms with van der Waals surface area (Å²) in [5.74, 6) is 1.39. The van der Waals surface area contributed by atoms with E-state index in [0.717, 1.165) is 57.0 Å². The molecule has 1 fully saturated rings. The fraction of sp³-hybridized carbons (Fsp3) is 0.391. The molecule has 7 heteroatoms. The van der Waals surface area contributed by atoms with E-state index < -0.39 is 0 Å². The Balaban J connectivity index is 1.33. The van der Waals surface area contributed by atoms with Crippen LogP contribution in [0, 0.1) is 5.92 Å². The summed E-state index contributed by atoms with van der Waals surface area (Å²) in [6.07, 6.45) is 12.2. The van der Waals surface area contributed by atoms with Gasteiger partial charge in [-0.3, -0.25) is 9.78 Å². The normalized spacial score (nSPS) is 16.4. The lowest BCUT2D eigenvalue weighted by molar-refractivity contribution is 0.0662. The monoisotopic (exact) mass is 404 g/mol. The summed E-state index contributed by atoms with van der Waals surface area (Å²) in [7, 11) is 2.01. The molecule has 7 nitrogen and oxygen atoms in total. The zero-order chi connectivity index (χ0) is 20.8. The SMILES string of the molecule is CN(CCc1ccccn1)c1ccc(C(=O)N2CCCC(Cn3ccnc3)C2)cn1. The molecule has 0 bridgehead atoms. The lowest BCUT2D eigenvalue weighted by Crippen LogP contribution is -2.41. The molecule has 0 saturated carbocycles. The molecule has 0 aromatic carbocycles. The van der Waals surface area contributed by atoms with E-state index >= 15 is 0 Å². The number of imidazole rings is 1. The highest BCUT2D eigenvalue weighted by Gasteiger charge is 2.25. The average Bonchev–Trinajstić information content (AvgIpc) is 3.31. The summed E-state index contributed by atoms with van der Waals surface area (Å²) < 4.78 is 2.09. The minimum Gasteiger partial charge on any atom is -0.359 e. The molecule has 1 saturated heterocycles. The van der Waals surface area contributed by atoms with Crippen molar-refractivity contribution in [3.05, 3.63) is 72.7 Å². The number of pyridine rings is 2. The van der Waals surface area contributed by atoms with Crippen molar-refractivity contribution in [3.63, 3.8) is 0 Å². The van der Waals surface area contributed by atoms with Crippen molar-refractivity contribution >= 4 is 11.7 Å². The van der Waals surface area contributed by atoms with Crippen molar-refractivity contribution in [2.45, 2.75) is 25.8 Å². The summed E-state index contributed by atoms with van der Waals surface area (Å²) in [5, 5.41) is 0. The number of amides is 1. The highest BCUT2D eigenvalue weighted by molar-refractivity contribution is 5.94. The first-order valence-corrected chi connectivity index (χ1v) is 10.5. The van der Waals surface area contributed by atoms with E-state index in [1.54, 1.807) is 12.4 Å². The van der Waals surface area contributed by atoms with Crippen LogP contribution in [0.5, 0.6) is 0 Å². The van der Waals surface area contributed by atoms with Crippen molar-refractivity contribution in [2.24, 2.45) is 5.92 Å². The van der Waals surface area contributed by atoms with Crippen LogP contribution in [0.3, 0.4) is 0 Å². The van der Waals surface area contributed by atoms with Gasteiger partial charge in [-0.05, 0) is 43.0 Å². The number of hydrogen-bond acceptors (Lipinski definition) is 5. The third-order valence-corrected chi connectivity index (χ3v) is 5.65. The van der Waals surface area contributed by atoms with Crippen LogP contribution in [0.4, 0.5) is 5.82 Å². The Morgan fingerprint density at radius 3 is 2.87 bits per heavy atom. The molecule has 0 radical (unpaired) electrons. The zero-order valence-corrected chi connectivity index (χ0v) is 17.4. The van der Waals surface area contributed by atoms with E-state index in [1.807, 2.05) is 61.0 Å². The molecule has 4 rings (SSSR count). The summed E-state index contributed by atoms with van der Waals surface area (Å²) in [4.78, 5) is 30.0. The van der Waals surface area contributed by atoms with E-state index in [9.17, 15) is 4.79 Å². The quantitative estimate of drug-likeness (QED) is 0.606. The summed E-state index contributed by atoms with van der Waals surface area (Å²) in [6.45, 7) is 3.31. The minimum atomic E-state index is 0.0699. The molecule has 1 aliphatic heterocycles. The molecule has 1 amide bonds. The van der Waals surface area contributed by atoms with Gasteiger partial charge in [0.15, 0.2) is 0 Å². The predicted molar refractivity (Wildman–Crippen MR) is 116 cm³/mol. The molecular weight excluding hydrogens is 376 g/mol. The Morgan fingerprint density at radius 1 is 1.20 bits per heavy atom. The zero-order valence-electron chi connectivity index (χ0n) is 17.4. The minimum absolute atomic E-state index is 0.0699. The Labute approximate surface area is 177 Å². The van der Waals surface area contributed by atoms with E-state index in [4.69, 9.17) is 0 Å². The molecule has 1 aliphatic rings. The first-order chi connectivity index (χ1) is 14.7. The van der Waals surface area contributed by atoms with Crippen molar-refractivity contribution in [3.8, 4) is 0 Å². The summed E-state index contributed by atoms with van der Waals surface area (Å²) in [5.41, 5.74) is 1.71. The number of likely N-dealkylation sites (N-methyl/N-ethyl adjacent to an activating group) is 1. The predicted octanol–water partition coefficient (Wildman–Crippen LogP) is 2.90. The number of rotatable bonds is 7. The van der Waals surface area contributed by atoms with E-state index in [2.05, 4.69) is 24.4 Å². The van der Waals surface area contributed by atoms with Crippen LogP contribution in [0.1, 0.15) is 28.9 Å². The molecule has 3 aromatic rings. The summed E-state index contributed by atoms with van der Waals surface area (Å²) in [6, 6.07) is 9.77. The average molecular weight is 405 g/mol. The van der Waals surface area contributed by atoms with E-state index in [0.29, 0.717) is 11.5 Å². The van der Waals surface area contributed by atoms with Crippen LogP contribution in [0.2, 0.25) is 0 Å². The Kier molecular flexibility index (Phi) is 6.37. The standard InChI is InChI=1S/C23H28N6O/c1-27(13-9-21-6-2-3-10-25-21)22-8-7-20(15-26-22)23(30)29-12-4-5-19(17-29)16-28-14-11-24-18-28/h2-3,6-8,10-11,14-15,18-19H,4-5,9,12-13,16-17H2,1H3. The van der Waals surface area contributed by atoms with Crippen LogP contribution in [0.25, 0.3) is 0 Å². The van der Waals surface area contributed by atoms with Crippen LogP contribution in [0.15, 0.2) is 61.4 Å². The van der Waals surface area contributed by atoms with Gasteiger partial charge in [-0.1, -0.05) is 6.07 Å². The van der Waals surface area contributed by atoms with Gasteiger partial charge in [0.25, 0.3) is 5.91 Å². The number of likely N-dealkylation sites (tertiary alicyclic amines) is 1. The topological polar surface area (TPSA) is 67.2 Å². The highest BCUT2D eigenvalue weighted by atomic mass is 16.2. The molecule has 30 heavy (non-hydrogen) atoms. The van der Waals surface area contributed by atoms with Crippen molar-refractivity contribution in [1.82, 2.24) is 24.4 Å². The van der Waals surface area contributed by atoms with Gasteiger partial charge < -0.3 is 14.4 Å². The number of carbonyl (C=O) groups is 1. The maximum atomic E-state index is 13.0. The lowest BCUT2D eigenvalue weighted by Gasteiger charge is -2.33. The second kappa shape index (κ2) is 9.52. The van der Waals surface area contributed by atoms with Gasteiger partial charge >= 0.3 is 0 Å². The van der Waals surface area contributed by atoms with Gasteiger partial charge in [-0.2, -0.15) is 0 Å². The molecule has 1 unspecified atom stereocenters. The molecule has 0 spiro atoms. The fourth-order valence-corrected chi connectivity index (χ4v) is 3.96. The van der Waals surface area contributed by atoms with Crippen molar-refractivity contribution in [2.75, 3.05) is 31.6 Å². The van der Waals surface area contributed by atoms with Gasteiger partial charge in [-0.25, -0.2) is 9.97 Å². The summed E-state index contributed by atoms with van der Waals surface area (Å²) >= 11 is 0. The largest absolute Gasteiger partial charge is 0.359 e. The molecule has 0 N–H and O–H groups in total. The van der Waals surface area contributed by atoms with Crippen LogP contribution in [-0.2, 0) is 13.0 Å². The molecule has 4 heterocycles. The smallest absolute Gasteiger partial charge is 0.255 e. The first-order valence-electron chi connectivity index (χ1n) is 10.5. The second-order valence-electron chi connectivity index (χ2n) is 7.92. The highest BCUT2D eigenvalue weighted by Crippen LogP contribution is 2.21. The molecular formula is C23H28N6O. The molecule has 1 atom stereocenters. The van der Waals surface area contributed by atoms with Gasteiger partial charge in [0.2, 0.25) is 0 Å². The second-order valence-corrected chi connectivity index (χ2v) is 7.92. The number of piperidine rings is 1. The van der Waals surface area contributed by atoms with Gasteiger partial charge in [-0.15, -0.1) is 0 Å². The van der Waals surface area contributed by atoms with Crippen LogP contribution in [-0.4, -0.2) is 57.0 Å². The maximum Gasteiger partial charge on any atom is 0.255 e. The maximum absolute atomic E-state index is 13.0. The van der Waals surface area contributed by atoms with Crippen molar-refractivity contribution < 1.29 is 4.79 Å². The van der Waals surface area contributed by atoms with E-state index in [-0.39, 0.29) is 5.91 Å². The third kappa shape index (κ3) is 5.03. The van der Waals surface area contributed by atoms with Crippen molar-refractivity contribution in [1.29, 1.82) is 0 Å². The molecule has 3 aromatic heterocycles.